The fourth-order valence-corrected chi connectivity index (χ4v) is 1.32. The van der Waals surface area contributed by atoms with Gasteiger partial charge in [-0.2, -0.15) is 0 Å². The van der Waals surface area contributed by atoms with E-state index in [2.05, 4.69) is 22.2 Å². The summed E-state index contributed by atoms with van der Waals surface area (Å²) in [6.45, 7) is 0. The summed E-state index contributed by atoms with van der Waals surface area (Å²) in [5.41, 5.74) is 5.22. The predicted molar refractivity (Wildman–Crippen MR) is 58.1 cm³/mol. The zero-order valence-electron chi connectivity index (χ0n) is 8.15. The van der Waals surface area contributed by atoms with Crippen LogP contribution in [-0.2, 0) is 0 Å². The van der Waals surface area contributed by atoms with Crippen molar-refractivity contribution in [3.05, 3.63) is 50.8 Å². The molecule has 16 heavy (non-hydrogen) atoms. The Hall–Kier alpha value is -2.68. The molecule has 80 valence electrons. The molecule has 0 unspecified atom stereocenters. The lowest BCUT2D eigenvalue weighted by molar-refractivity contribution is 0.951. The summed E-state index contributed by atoms with van der Waals surface area (Å²) in [5.74, 6) is 2.66. The molecule has 6 nitrogen and oxygen atoms in total. The first-order chi connectivity index (χ1) is 7.72. The molecule has 0 saturated heterocycles. The molecular weight excluding hydrogens is 208 g/mol. The van der Waals surface area contributed by atoms with Gasteiger partial charge in [0.05, 0.1) is 5.69 Å². The predicted octanol–water partition coefficient (Wildman–Crippen LogP) is -0.878. The second-order valence-corrected chi connectivity index (χ2v) is 3.01. The Labute approximate surface area is 89.7 Å². The summed E-state index contributed by atoms with van der Waals surface area (Å²) in [6, 6.07) is 8.85. The van der Waals surface area contributed by atoms with Gasteiger partial charge in [0.15, 0.2) is 0 Å². The number of benzene rings is 1. The average molecular weight is 216 g/mol. The number of nitrogens with two attached hydrogens (primary N) is 1. The van der Waals surface area contributed by atoms with Crippen LogP contribution in [0.5, 0.6) is 0 Å². The van der Waals surface area contributed by atoms with Gasteiger partial charge in [-0.05, 0) is 30.2 Å². The zero-order valence-corrected chi connectivity index (χ0v) is 8.15. The number of nitrogens with zero attached hydrogens (tertiary/aromatic N) is 1. The lowest BCUT2D eigenvalue weighted by Gasteiger charge is -1.98. The molecule has 0 spiro atoms. The number of nitrogens with one attached hydrogen (secondary N) is 2. The Morgan fingerprint density at radius 3 is 2.12 bits per heavy atom. The highest BCUT2D eigenvalue weighted by Gasteiger charge is 2.04. The van der Waals surface area contributed by atoms with Gasteiger partial charge in [0.1, 0.15) is 0 Å². The van der Waals surface area contributed by atoms with Crippen LogP contribution in [0.4, 0.5) is 0 Å². The molecule has 6 heteroatoms. The van der Waals surface area contributed by atoms with Gasteiger partial charge < -0.3 is 5.73 Å². The molecule has 0 amide bonds. The summed E-state index contributed by atoms with van der Waals surface area (Å²) in [4.78, 5) is 22.6. The highest BCUT2D eigenvalue weighted by Crippen LogP contribution is 2.04. The van der Waals surface area contributed by atoms with Gasteiger partial charge >= 0.3 is 11.4 Å². The van der Waals surface area contributed by atoms with Crippen LogP contribution in [0.3, 0.4) is 0 Å². The van der Waals surface area contributed by atoms with Crippen molar-refractivity contribution in [2.75, 3.05) is 0 Å². The van der Waals surface area contributed by atoms with Crippen LogP contribution >= 0.6 is 0 Å². The van der Waals surface area contributed by atoms with Crippen LogP contribution in [0.2, 0.25) is 0 Å². The topological polar surface area (TPSA) is 96.7 Å². The van der Waals surface area contributed by atoms with Crippen molar-refractivity contribution in [3.63, 3.8) is 0 Å². The van der Waals surface area contributed by atoms with E-state index in [0.717, 1.165) is 4.57 Å². The maximum Gasteiger partial charge on any atom is 0.348 e. The van der Waals surface area contributed by atoms with Gasteiger partial charge in [0.2, 0.25) is 0 Å². The highest BCUT2D eigenvalue weighted by molar-refractivity contribution is 5.41. The van der Waals surface area contributed by atoms with Crippen molar-refractivity contribution in [1.29, 1.82) is 0 Å². The van der Waals surface area contributed by atoms with Crippen LogP contribution in [0.1, 0.15) is 5.56 Å². The van der Waals surface area contributed by atoms with Crippen LogP contribution in [0.15, 0.2) is 33.9 Å². The summed E-state index contributed by atoms with van der Waals surface area (Å²) >= 11 is 0. The Morgan fingerprint density at radius 2 is 1.62 bits per heavy atom. The van der Waals surface area contributed by atoms with Crippen molar-refractivity contribution in [2.24, 2.45) is 5.73 Å². The van der Waals surface area contributed by atoms with E-state index in [1.54, 1.807) is 24.3 Å². The van der Waals surface area contributed by atoms with E-state index in [4.69, 9.17) is 5.73 Å². The second-order valence-electron chi connectivity index (χ2n) is 3.01. The lowest BCUT2D eigenvalue weighted by atomic mass is 10.2. The van der Waals surface area contributed by atoms with Gasteiger partial charge in [-0.1, -0.05) is 0 Å². The Kier molecular flexibility index (Phi) is 2.36. The molecule has 0 atom stereocenters. The number of aromatic amines is 2. The summed E-state index contributed by atoms with van der Waals surface area (Å²) in [5, 5.41) is 4.39. The van der Waals surface area contributed by atoms with E-state index in [-0.39, 0.29) is 0 Å². The Morgan fingerprint density at radius 1 is 1.06 bits per heavy atom. The Balaban J connectivity index is 2.53. The fraction of sp³-hybridized carbons (Fsp3) is 0. The molecule has 2 rings (SSSR count). The normalized spacial score (nSPS) is 9.50. The van der Waals surface area contributed by atoms with Gasteiger partial charge in [-0.3, -0.25) is 0 Å². The van der Waals surface area contributed by atoms with Crippen LogP contribution in [0.25, 0.3) is 5.69 Å². The van der Waals surface area contributed by atoms with E-state index in [0.29, 0.717) is 11.3 Å². The average Bonchev–Trinajstić information content (AvgIpc) is 2.61. The molecule has 4 N–H and O–H groups in total. The van der Waals surface area contributed by atoms with Gasteiger partial charge in [0, 0.05) is 11.6 Å². The van der Waals surface area contributed by atoms with Crippen molar-refractivity contribution < 1.29 is 0 Å². The zero-order chi connectivity index (χ0) is 11.5. The number of H-pyrrole nitrogens is 2. The molecule has 2 aromatic rings. The quantitative estimate of drug-likeness (QED) is 0.426. The summed E-state index contributed by atoms with van der Waals surface area (Å²) < 4.78 is 0.986. The van der Waals surface area contributed by atoms with Crippen LogP contribution in [0, 0.1) is 12.0 Å². The van der Waals surface area contributed by atoms with E-state index in [9.17, 15) is 9.59 Å². The molecule has 0 aliphatic rings. The van der Waals surface area contributed by atoms with Crippen LogP contribution < -0.4 is 17.1 Å². The SMILES string of the molecule is NC#Cc1ccc(-n2c(=O)[nH][nH]c2=O)cc1. The van der Waals surface area contributed by atoms with Gasteiger partial charge in [-0.15, -0.1) is 0 Å². The Bertz CT molecular complexity index is 636. The van der Waals surface area contributed by atoms with Gasteiger partial charge in [-0.25, -0.2) is 24.4 Å². The van der Waals surface area contributed by atoms with Crippen molar-refractivity contribution in [3.8, 4) is 17.7 Å². The first-order valence-electron chi connectivity index (χ1n) is 4.44. The minimum Gasteiger partial charge on any atom is -0.359 e. The van der Waals surface area contributed by atoms with Crippen LogP contribution in [-0.4, -0.2) is 14.8 Å². The third-order valence-electron chi connectivity index (χ3n) is 2.02. The number of rotatable bonds is 1. The fourth-order valence-electron chi connectivity index (χ4n) is 1.32. The van der Waals surface area contributed by atoms with Crippen molar-refractivity contribution >= 4 is 0 Å². The second kappa shape index (κ2) is 3.82. The molecule has 0 saturated carbocycles. The number of aromatic nitrogens is 3. The van der Waals surface area contributed by atoms with Gasteiger partial charge in [0.25, 0.3) is 0 Å². The van der Waals surface area contributed by atoms with E-state index < -0.39 is 11.4 Å². The third-order valence-corrected chi connectivity index (χ3v) is 2.02. The highest BCUT2D eigenvalue weighted by atomic mass is 16.2. The standard InChI is InChI=1S/C10H8N4O2/c11-6-5-7-1-3-8(4-2-7)14-9(15)12-13-10(14)16/h1-4H,11H2,(H,12,15)(H,13,16). The van der Waals surface area contributed by atoms with Crippen molar-refractivity contribution in [2.45, 2.75) is 0 Å². The molecule has 0 aliphatic carbocycles. The minimum absolute atomic E-state index is 0.468. The summed E-state index contributed by atoms with van der Waals surface area (Å²) in [6.07, 6.45) is 0. The number of hydrogen-bond acceptors (Lipinski definition) is 3. The molecule has 0 fully saturated rings. The first kappa shape index (κ1) is 9.86. The molecule has 0 aliphatic heterocycles. The molecule has 1 aromatic carbocycles. The van der Waals surface area contributed by atoms with Crippen molar-refractivity contribution in [1.82, 2.24) is 14.8 Å². The first-order valence-corrected chi connectivity index (χ1v) is 4.44. The largest absolute Gasteiger partial charge is 0.359 e. The molecule has 0 bridgehead atoms. The van der Waals surface area contributed by atoms with E-state index in [1.807, 2.05) is 0 Å². The van der Waals surface area contributed by atoms with E-state index >= 15 is 0 Å². The maximum atomic E-state index is 11.3. The molecule has 1 heterocycles. The molecule has 1 aromatic heterocycles. The molecule has 0 radical (unpaired) electrons. The van der Waals surface area contributed by atoms with E-state index in [1.165, 1.54) is 0 Å². The third kappa shape index (κ3) is 1.62. The monoisotopic (exact) mass is 216 g/mol. The lowest BCUT2D eigenvalue weighted by Crippen LogP contribution is -2.24. The summed E-state index contributed by atoms with van der Waals surface area (Å²) in [7, 11) is 0. The molecular formula is C10H8N4O2. The smallest absolute Gasteiger partial charge is 0.348 e. The number of hydrogen-bond donors (Lipinski definition) is 3. The minimum atomic E-state index is -0.511. The maximum absolute atomic E-state index is 11.3.